The van der Waals surface area contributed by atoms with Gasteiger partial charge in [-0.15, -0.1) is 0 Å². The molecule has 4 rings (SSSR count). The first-order valence-electron chi connectivity index (χ1n) is 11.4. The highest BCUT2D eigenvalue weighted by Crippen LogP contribution is 2.35. The number of nitrogens with zero attached hydrogens (tertiary/aromatic N) is 3. The first-order valence-corrected chi connectivity index (χ1v) is 11.4. The van der Waals surface area contributed by atoms with Crippen molar-refractivity contribution in [2.45, 2.75) is 33.1 Å². The topological polar surface area (TPSA) is 53.5 Å². The molecule has 5 nitrogen and oxygen atoms in total. The lowest BCUT2D eigenvalue weighted by Crippen LogP contribution is -2.36. The number of aromatic nitrogens is 1. The Kier molecular flexibility index (Phi) is 6.68. The van der Waals surface area contributed by atoms with Crippen LogP contribution in [-0.2, 0) is 16.0 Å². The number of benzene rings is 2. The van der Waals surface area contributed by atoms with Gasteiger partial charge in [-0.25, -0.2) is 4.90 Å². The predicted octanol–water partition coefficient (Wildman–Crippen LogP) is 5.05. The van der Waals surface area contributed by atoms with E-state index in [1.165, 1.54) is 10.5 Å². The molecule has 0 bridgehead atoms. The van der Waals surface area contributed by atoms with Crippen molar-refractivity contribution in [1.82, 2.24) is 9.88 Å². The van der Waals surface area contributed by atoms with Crippen LogP contribution in [0.1, 0.15) is 43.4 Å². The molecule has 2 aromatic carbocycles. The summed E-state index contributed by atoms with van der Waals surface area (Å²) in [5.41, 5.74) is 4.60. The molecular weight excluding hydrogens is 410 g/mol. The van der Waals surface area contributed by atoms with Gasteiger partial charge in [0.2, 0.25) is 0 Å². The Morgan fingerprint density at radius 1 is 0.879 bits per heavy atom. The second kappa shape index (κ2) is 9.82. The maximum absolute atomic E-state index is 13.7. The Hall–Kier alpha value is -3.73. The summed E-state index contributed by atoms with van der Waals surface area (Å²) in [6, 6.07) is 21.1. The van der Waals surface area contributed by atoms with Crippen LogP contribution >= 0.6 is 0 Å². The second-order valence-electron chi connectivity index (χ2n) is 8.47. The van der Waals surface area contributed by atoms with Gasteiger partial charge in [0.05, 0.1) is 11.3 Å². The zero-order chi connectivity index (χ0) is 23.4. The van der Waals surface area contributed by atoms with E-state index in [0.29, 0.717) is 36.0 Å². The van der Waals surface area contributed by atoms with E-state index in [9.17, 15) is 9.59 Å². The Bertz CT molecular complexity index is 1150. The third-order valence-electron chi connectivity index (χ3n) is 6.06. The van der Waals surface area contributed by atoms with Crippen LogP contribution in [0.25, 0.3) is 5.57 Å². The van der Waals surface area contributed by atoms with Crippen molar-refractivity contribution >= 4 is 23.1 Å². The van der Waals surface area contributed by atoms with E-state index in [4.69, 9.17) is 0 Å². The van der Waals surface area contributed by atoms with Gasteiger partial charge in [-0.1, -0.05) is 56.3 Å². The molecule has 0 unspecified atom stereocenters. The Labute approximate surface area is 195 Å². The number of likely N-dealkylation sites (N-methyl/N-ethyl adjacent to an activating group) is 1. The summed E-state index contributed by atoms with van der Waals surface area (Å²) in [4.78, 5) is 34.8. The number of carbonyl (C=O) groups excluding carboxylic acids is 2. The third kappa shape index (κ3) is 4.58. The minimum Gasteiger partial charge on any atom is -0.366 e. The Morgan fingerprint density at radius 2 is 1.55 bits per heavy atom. The van der Waals surface area contributed by atoms with Crippen LogP contribution in [0.3, 0.4) is 0 Å². The molecule has 0 spiro atoms. The lowest BCUT2D eigenvalue weighted by Gasteiger charge is -2.25. The SMILES string of the molecule is CCN(CCc1ccncc1)C1=C(c2ccccc2)C(=O)N(c2ccc(C(C)C)cc2)C1=O. The molecule has 0 saturated carbocycles. The summed E-state index contributed by atoms with van der Waals surface area (Å²) in [5, 5.41) is 0. The molecule has 0 N–H and O–H groups in total. The summed E-state index contributed by atoms with van der Waals surface area (Å²) in [7, 11) is 0. The Morgan fingerprint density at radius 3 is 2.15 bits per heavy atom. The zero-order valence-electron chi connectivity index (χ0n) is 19.4. The number of hydrogen-bond acceptors (Lipinski definition) is 4. The smallest absolute Gasteiger partial charge is 0.282 e. The van der Waals surface area contributed by atoms with Crippen LogP contribution in [0.15, 0.2) is 84.8 Å². The van der Waals surface area contributed by atoms with Crippen molar-refractivity contribution in [3.63, 3.8) is 0 Å². The van der Waals surface area contributed by atoms with Crippen molar-refractivity contribution in [1.29, 1.82) is 0 Å². The van der Waals surface area contributed by atoms with Crippen LogP contribution in [0, 0.1) is 0 Å². The number of anilines is 1. The van der Waals surface area contributed by atoms with Gasteiger partial charge < -0.3 is 4.90 Å². The average molecular weight is 440 g/mol. The van der Waals surface area contributed by atoms with Crippen molar-refractivity contribution in [3.8, 4) is 0 Å². The number of amides is 2. The molecule has 0 fully saturated rings. The highest BCUT2D eigenvalue weighted by molar-refractivity contribution is 6.45. The van der Waals surface area contributed by atoms with Crippen LogP contribution in [-0.4, -0.2) is 34.8 Å². The van der Waals surface area contributed by atoms with E-state index < -0.39 is 0 Å². The van der Waals surface area contributed by atoms with Crippen molar-refractivity contribution in [3.05, 3.63) is 102 Å². The highest BCUT2D eigenvalue weighted by atomic mass is 16.2. The van der Waals surface area contributed by atoms with Crippen molar-refractivity contribution in [2.24, 2.45) is 0 Å². The molecule has 2 heterocycles. The molecule has 1 aliphatic heterocycles. The zero-order valence-corrected chi connectivity index (χ0v) is 19.4. The molecular formula is C28H29N3O2. The van der Waals surface area contributed by atoms with E-state index in [0.717, 1.165) is 17.5 Å². The lowest BCUT2D eigenvalue weighted by atomic mass is 10.0. The fraction of sp³-hybridized carbons (Fsp3) is 0.250. The number of hydrogen-bond donors (Lipinski definition) is 0. The average Bonchev–Trinajstić information content (AvgIpc) is 3.10. The maximum atomic E-state index is 13.7. The summed E-state index contributed by atoms with van der Waals surface area (Å²) < 4.78 is 0. The maximum Gasteiger partial charge on any atom is 0.282 e. The van der Waals surface area contributed by atoms with Gasteiger partial charge in [0.1, 0.15) is 5.70 Å². The minimum atomic E-state index is -0.277. The molecule has 3 aromatic rings. The minimum absolute atomic E-state index is 0.271. The predicted molar refractivity (Wildman–Crippen MR) is 132 cm³/mol. The number of imide groups is 1. The van der Waals surface area contributed by atoms with Crippen LogP contribution in [0.2, 0.25) is 0 Å². The molecule has 1 aromatic heterocycles. The van der Waals surface area contributed by atoms with E-state index in [-0.39, 0.29) is 11.8 Å². The Balaban J connectivity index is 1.72. The van der Waals surface area contributed by atoms with Gasteiger partial charge in [0.25, 0.3) is 11.8 Å². The summed E-state index contributed by atoms with van der Waals surface area (Å²) in [6.45, 7) is 7.51. The molecule has 0 atom stereocenters. The molecule has 5 heteroatoms. The quantitative estimate of drug-likeness (QED) is 0.461. The van der Waals surface area contributed by atoms with Crippen LogP contribution in [0.4, 0.5) is 5.69 Å². The van der Waals surface area contributed by atoms with Gasteiger partial charge in [-0.05, 0) is 60.2 Å². The molecule has 0 aliphatic carbocycles. The molecule has 168 valence electrons. The fourth-order valence-electron chi connectivity index (χ4n) is 4.16. The lowest BCUT2D eigenvalue weighted by molar-refractivity contribution is -0.120. The van der Waals surface area contributed by atoms with Gasteiger partial charge in [-0.2, -0.15) is 0 Å². The first kappa shape index (κ1) is 22.5. The molecule has 0 saturated heterocycles. The number of carbonyl (C=O) groups is 2. The molecule has 2 amide bonds. The summed E-state index contributed by atoms with van der Waals surface area (Å²) in [6.07, 6.45) is 4.30. The summed E-state index contributed by atoms with van der Waals surface area (Å²) >= 11 is 0. The standard InChI is InChI=1S/C28H29N3O2/c1-4-30(19-16-21-14-17-29-18-15-21)26-25(23-8-6-5-7-9-23)27(32)31(28(26)33)24-12-10-22(11-13-24)20(2)3/h5-15,17-18,20H,4,16,19H2,1-3H3. The van der Waals surface area contributed by atoms with E-state index >= 15 is 0 Å². The van der Waals surface area contributed by atoms with E-state index in [1.54, 1.807) is 12.4 Å². The van der Waals surface area contributed by atoms with Crippen LogP contribution < -0.4 is 4.90 Å². The third-order valence-corrected chi connectivity index (χ3v) is 6.06. The monoisotopic (exact) mass is 439 g/mol. The number of rotatable bonds is 8. The van der Waals surface area contributed by atoms with E-state index in [2.05, 4.69) is 18.8 Å². The van der Waals surface area contributed by atoms with Gasteiger partial charge in [0.15, 0.2) is 0 Å². The van der Waals surface area contributed by atoms with Crippen LogP contribution in [0.5, 0.6) is 0 Å². The number of pyridine rings is 1. The second-order valence-corrected chi connectivity index (χ2v) is 8.47. The van der Waals surface area contributed by atoms with Gasteiger partial charge >= 0.3 is 0 Å². The van der Waals surface area contributed by atoms with Crippen molar-refractivity contribution < 1.29 is 9.59 Å². The largest absolute Gasteiger partial charge is 0.366 e. The fourth-order valence-corrected chi connectivity index (χ4v) is 4.16. The van der Waals surface area contributed by atoms with Gasteiger partial charge in [0, 0.05) is 25.5 Å². The summed E-state index contributed by atoms with van der Waals surface area (Å²) in [5.74, 6) is -0.171. The van der Waals surface area contributed by atoms with Gasteiger partial charge in [-0.3, -0.25) is 14.6 Å². The van der Waals surface area contributed by atoms with Crippen molar-refractivity contribution in [2.75, 3.05) is 18.0 Å². The molecule has 0 radical (unpaired) electrons. The molecule has 1 aliphatic rings. The first-order chi connectivity index (χ1) is 16.0. The molecule has 33 heavy (non-hydrogen) atoms. The normalized spacial score (nSPS) is 13.9. The highest BCUT2D eigenvalue weighted by Gasteiger charge is 2.42. The van der Waals surface area contributed by atoms with E-state index in [1.807, 2.05) is 78.6 Å².